The molecule has 0 saturated carbocycles. The second-order valence-corrected chi connectivity index (χ2v) is 4.86. The van der Waals surface area contributed by atoms with Crippen LogP contribution in [0.2, 0.25) is 0 Å². The molecule has 0 amide bonds. The van der Waals surface area contributed by atoms with E-state index >= 15 is 0 Å². The molecule has 110 valence electrons. The van der Waals surface area contributed by atoms with Crippen LogP contribution in [-0.2, 0) is 6.61 Å². The summed E-state index contributed by atoms with van der Waals surface area (Å²) < 4.78 is 11.3. The van der Waals surface area contributed by atoms with Gasteiger partial charge in [-0.3, -0.25) is 4.79 Å². The number of rotatable bonds is 5. The van der Waals surface area contributed by atoms with E-state index in [9.17, 15) is 4.79 Å². The number of hydrogen-bond donors (Lipinski definition) is 0. The fraction of sp³-hybridized carbons (Fsp3) is 0.111. The van der Waals surface area contributed by atoms with Crippen molar-refractivity contribution in [3.05, 3.63) is 72.2 Å². The second kappa shape index (κ2) is 6.26. The Morgan fingerprint density at radius 1 is 1.14 bits per heavy atom. The average Bonchev–Trinajstić information content (AvgIpc) is 3.03. The highest BCUT2D eigenvalue weighted by Crippen LogP contribution is 2.21. The van der Waals surface area contributed by atoms with Gasteiger partial charge in [0.25, 0.3) is 0 Å². The van der Waals surface area contributed by atoms with Gasteiger partial charge in [-0.2, -0.15) is 0 Å². The number of oxazole rings is 1. The van der Waals surface area contributed by atoms with E-state index in [0.29, 0.717) is 23.0 Å². The highest BCUT2D eigenvalue weighted by molar-refractivity contribution is 5.94. The number of nitrogens with zero attached hydrogens (tertiary/aromatic N) is 1. The van der Waals surface area contributed by atoms with Crippen LogP contribution in [0.25, 0.3) is 11.3 Å². The number of benzene rings is 2. The predicted molar refractivity (Wildman–Crippen MR) is 82.7 cm³/mol. The number of carbonyl (C=O) groups is 1. The van der Waals surface area contributed by atoms with Crippen molar-refractivity contribution in [3.8, 4) is 17.1 Å². The van der Waals surface area contributed by atoms with Crippen LogP contribution in [0.15, 0.2) is 65.2 Å². The summed E-state index contributed by atoms with van der Waals surface area (Å²) in [4.78, 5) is 15.6. The molecule has 0 spiro atoms. The first-order valence-corrected chi connectivity index (χ1v) is 6.96. The molecule has 4 heteroatoms. The standard InChI is InChI=1S/C18H15NO3/c1-13(20)15-8-5-9-16(10-15)21-12-18-19-11-17(22-18)14-6-3-2-4-7-14/h2-11H,12H2,1H3. The maximum absolute atomic E-state index is 11.3. The number of hydrogen-bond acceptors (Lipinski definition) is 4. The SMILES string of the molecule is CC(=O)c1cccc(OCc2ncc(-c3ccccc3)o2)c1. The molecule has 0 N–H and O–H groups in total. The summed E-state index contributed by atoms with van der Waals surface area (Å²) in [7, 11) is 0. The Balaban J connectivity index is 1.69. The van der Waals surface area contributed by atoms with Crippen molar-refractivity contribution in [2.24, 2.45) is 0 Å². The molecule has 0 aliphatic carbocycles. The Kier molecular flexibility index (Phi) is 4.01. The zero-order chi connectivity index (χ0) is 15.4. The molecule has 4 nitrogen and oxygen atoms in total. The van der Waals surface area contributed by atoms with Gasteiger partial charge >= 0.3 is 0 Å². The zero-order valence-electron chi connectivity index (χ0n) is 12.2. The van der Waals surface area contributed by atoms with Gasteiger partial charge in [-0.15, -0.1) is 0 Å². The zero-order valence-corrected chi connectivity index (χ0v) is 12.2. The van der Waals surface area contributed by atoms with Crippen LogP contribution in [-0.4, -0.2) is 10.8 Å². The highest BCUT2D eigenvalue weighted by atomic mass is 16.5. The van der Waals surface area contributed by atoms with E-state index in [1.165, 1.54) is 6.92 Å². The van der Waals surface area contributed by atoms with Crippen molar-refractivity contribution >= 4 is 5.78 Å². The summed E-state index contributed by atoms with van der Waals surface area (Å²) in [6.45, 7) is 1.74. The van der Waals surface area contributed by atoms with Crippen molar-refractivity contribution in [3.63, 3.8) is 0 Å². The van der Waals surface area contributed by atoms with E-state index in [4.69, 9.17) is 9.15 Å². The monoisotopic (exact) mass is 293 g/mol. The summed E-state index contributed by atoms with van der Waals surface area (Å²) in [5, 5.41) is 0. The first-order chi connectivity index (χ1) is 10.7. The highest BCUT2D eigenvalue weighted by Gasteiger charge is 2.07. The van der Waals surface area contributed by atoms with Gasteiger partial charge in [0.05, 0.1) is 6.20 Å². The van der Waals surface area contributed by atoms with Gasteiger partial charge in [0.15, 0.2) is 18.2 Å². The normalized spacial score (nSPS) is 10.4. The van der Waals surface area contributed by atoms with E-state index in [1.54, 1.807) is 30.5 Å². The second-order valence-electron chi connectivity index (χ2n) is 4.86. The third-order valence-corrected chi connectivity index (χ3v) is 3.21. The van der Waals surface area contributed by atoms with Gasteiger partial charge in [0.2, 0.25) is 5.89 Å². The Labute approximate surface area is 128 Å². The van der Waals surface area contributed by atoms with E-state index in [2.05, 4.69) is 4.98 Å². The molecule has 0 aliphatic rings. The smallest absolute Gasteiger partial charge is 0.232 e. The minimum Gasteiger partial charge on any atom is -0.484 e. The quantitative estimate of drug-likeness (QED) is 0.664. The first kappa shape index (κ1) is 14.1. The molecule has 3 aromatic rings. The van der Waals surface area contributed by atoms with Crippen molar-refractivity contribution in [1.82, 2.24) is 4.98 Å². The van der Waals surface area contributed by atoms with Crippen LogP contribution >= 0.6 is 0 Å². The van der Waals surface area contributed by atoms with Gasteiger partial charge < -0.3 is 9.15 Å². The van der Waals surface area contributed by atoms with E-state index in [1.807, 2.05) is 30.3 Å². The number of aromatic nitrogens is 1. The largest absolute Gasteiger partial charge is 0.484 e. The molecule has 0 unspecified atom stereocenters. The molecule has 0 fully saturated rings. The topological polar surface area (TPSA) is 52.3 Å². The maximum Gasteiger partial charge on any atom is 0.232 e. The van der Waals surface area contributed by atoms with Gasteiger partial charge in [-0.05, 0) is 19.1 Å². The number of Topliss-reactive ketones (excluding diaryl/α,β-unsaturated/α-hetero) is 1. The fourth-order valence-electron chi connectivity index (χ4n) is 2.06. The number of ether oxygens (including phenoxy) is 1. The lowest BCUT2D eigenvalue weighted by Gasteiger charge is -2.04. The van der Waals surface area contributed by atoms with Gasteiger partial charge in [0, 0.05) is 11.1 Å². The molecular formula is C18H15NO3. The predicted octanol–water partition coefficient (Wildman–Crippen LogP) is 4.12. The van der Waals surface area contributed by atoms with Crippen molar-refractivity contribution in [2.45, 2.75) is 13.5 Å². The Hall–Kier alpha value is -2.88. The maximum atomic E-state index is 11.3. The third kappa shape index (κ3) is 3.23. The average molecular weight is 293 g/mol. The molecule has 22 heavy (non-hydrogen) atoms. The van der Waals surface area contributed by atoms with Crippen LogP contribution in [0.5, 0.6) is 5.75 Å². The Morgan fingerprint density at radius 3 is 2.73 bits per heavy atom. The molecule has 0 aliphatic heterocycles. The van der Waals surface area contributed by atoms with Crippen LogP contribution in [0.1, 0.15) is 23.2 Å². The van der Waals surface area contributed by atoms with Crippen molar-refractivity contribution in [2.75, 3.05) is 0 Å². The first-order valence-electron chi connectivity index (χ1n) is 6.96. The summed E-state index contributed by atoms with van der Waals surface area (Å²) in [6, 6.07) is 16.8. The minimum absolute atomic E-state index is 0.00735. The summed E-state index contributed by atoms with van der Waals surface area (Å²) in [5.41, 5.74) is 1.59. The molecule has 0 saturated heterocycles. The minimum atomic E-state index is 0.00735. The lowest BCUT2D eigenvalue weighted by Crippen LogP contribution is -1.97. The molecule has 0 bridgehead atoms. The Bertz CT molecular complexity index is 778. The molecule has 2 aromatic carbocycles. The van der Waals surface area contributed by atoms with Crippen LogP contribution in [0.3, 0.4) is 0 Å². The van der Waals surface area contributed by atoms with Crippen molar-refractivity contribution < 1.29 is 13.9 Å². The molecular weight excluding hydrogens is 278 g/mol. The number of ketones is 1. The lowest BCUT2D eigenvalue weighted by molar-refractivity contribution is 0.101. The fourth-order valence-corrected chi connectivity index (χ4v) is 2.06. The lowest BCUT2D eigenvalue weighted by atomic mass is 10.1. The third-order valence-electron chi connectivity index (χ3n) is 3.21. The van der Waals surface area contributed by atoms with Crippen molar-refractivity contribution in [1.29, 1.82) is 0 Å². The molecule has 1 aromatic heterocycles. The Morgan fingerprint density at radius 2 is 1.95 bits per heavy atom. The summed E-state index contributed by atoms with van der Waals surface area (Å²) in [6.07, 6.45) is 1.68. The van der Waals surface area contributed by atoms with Crippen LogP contribution in [0, 0.1) is 0 Å². The van der Waals surface area contributed by atoms with Crippen LogP contribution < -0.4 is 4.74 Å². The van der Waals surface area contributed by atoms with E-state index < -0.39 is 0 Å². The van der Waals surface area contributed by atoms with Gasteiger partial charge in [0.1, 0.15) is 5.75 Å². The van der Waals surface area contributed by atoms with Gasteiger partial charge in [-0.25, -0.2) is 4.98 Å². The molecule has 3 rings (SSSR count). The van der Waals surface area contributed by atoms with Crippen LogP contribution in [0.4, 0.5) is 0 Å². The van der Waals surface area contributed by atoms with E-state index in [0.717, 1.165) is 5.56 Å². The molecule has 0 radical (unpaired) electrons. The molecule has 0 atom stereocenters. The van der Waals surface area contributed by atoms with E-state index in [-0.39, 0.29) is 12.4 Å². The number of carbonyl (C=O) groups excluding carboxylic acids is 1. The summed E-state index contributed by atoms with van der Waals surface area (Å²) in [5.74, 6) is 1.82. The molecule has 1 heterocycles. The summed E-state index contributed by atoms with van der Waals surface area (Å²) >= 11 is 0. The van der Waals surface area contributed by atoms with Gasteiger partial charge in [-0.1, -0.05) is 42.5 Å².